The summed E-state index contributed by atoms with van der Waals surface area (Å²) in [6.07, 6.45) is 6.98. The average Bonchev–Trinajstić information content (AvgIpc) is 2.54. The Balaban J connectivity index is 1.72. The summed E-state index contributed by atoms with van der Waals surface area (Å²) in [6.45, 7) is 3.20. The Bertz CT molecular complexity index is 474. The number of rotatable bonds is 3. The first-order valence-corrected chi connectivity index (χ1v) is 8.14. The molecule has 1 saturated carbocycles. The standard InChI is InChI=1S/C18H25NO/c1-2-13-7-9-15(10-8-13)18(20)17-16-6-4-3-5-14(16)11-12-19-17/h3-6,13,15,17,19H,2,7-12H2,1H3. The van der Waals surface area contributed by atoms with E-state index in [1.807, 2.05) is 0 Å². The molecular formula is C18H25NO. The molecule has 0 aromatic heterocycles. The van der Waals surface area contributed by atoms with Gasteiger partial charge in [0, 0.05) is 12.5 Å². The number of nitrogens with one attached hydrogen (secondary N) is 1. The molecule has 0 spiro atoms. The first kappa shape index (κ1) is 13.8. The molecule has 0 radical (unpaired) electrons. The second-order valence-electron chi connectivity index (χ2n) is 6.36. The lowest BCUT2D eigenvalue weighted by atomic mass is 9.76. The van der Waals surface area contributed by atoms with Crippen LogP contribution in [0, 0.1) is 11.8 Å². The van der Waals surface area contributed by atoms with Crippen LogP contribution in [-0.4, -0.2) is 12.3 Å². The quantitative estimate of drug-likeness (QED) is 0.909. The highest BCUT2D eigenvalue weighted by molar-refractivity contribution is 5.88. The Labute approximate surface area is 122 Å². The summed E-state index contributed by atoms with van der Waals surface area (Å²) in [5.41, 5.74) is 2.58. The summed E-state index contributed by atoms with van der Waals surface area (Å²) in [7, 11) is 0. The van der Waals surface area contributed by atoms with Gasteiger partial charge in [0.15, 0.2) is 5.78 Å². The van der Waals surface area contributed by atoms with Crippen LogP contribution in [0.1, 0.15) is 56.2 Å². The Hall–Kier alpha value is -1.15. The lowest BCUT2D eigenvalue weighted by molar-refractivity contribution is -0.126. The third kappa shape index (κ3) is 2.67. The molecule has 1 aromatic carbocycles. The first-order chi connectivity index (χ1) is 9.79. The van der Waals surface area contributed by atoms with E-state index in [1.54, 1.807) is 0 Å². The van der Waals surface area contributed by atoms with E-state index in [-0.39, 0.29) is 12.0 Å². The van der Waals surface area contributed by atoms with Gasteiger partial charge in [-0.1, -0.05) is 37.6 Å². The maximum atomic E-state index is 12.8. The summed E-state index contributed by atoms with van der Waals surface area (Å²) >= 11 is 0. The van der Waals surface area contributed by atoms with Gasteiger partial charge in [-0.2, -0.15) is 0 Å². The maximum absolute atomic E-state index is 12.8. The van der Waals surface area contributed by atoms with E-state index in [0.29, 0.717) is 5.78 Å². The number of hydrogen-bond acceptors (Lipinski definition) is 2. The van der Waals surface area contributed by atoms with E-state index < -0.39 is 0 Å². The Kier molecular flexibility index (Phi) is 4.21. The van der Waals surface area contributed by atoms with E-state index in [0.717, 1.165) is 31.7 Å². The molecule has 0 saturated heterocycles. The van der Waals surface area contributed by atoms with E-state index >= 15 is 0 Å². The SMILES string of the molecule is CCC1CCC(C(=O)C2NCCc3ccccc32)CC1. The zero-order valence-corrected chi connectivity index (χ0v) is 12.4. The highest BCUT2D eigenvalue weighted by Gasteiger charge is 2.33. The average molecular weight is 271 g/mol. The van der Waals surface area contributed by atoms with Crippen molar-refractivity contribution in [2.24, 2.45) is 11.8 Å². The zero-order chi connectivity index (χ0) is 13.9. The Morgan fingerprint density at radius 1 is 1.20 bits per heavy atom. The molecule has 20 heavy (non-hydrogen) atoms. The molecule has 2 heteroatoms. The third-order valence-electron chi connectivity index (χ3n) is 5.22. The summed E-state index contributed by atoms with van der Waals surface area (Å²) < 4.78 is 0. The van der Waals surface area contributed by atoms with Gasteiger partial charge in [-0.05, 0) is 49.1 Å². The topological polar surface area (TPSA) is 29.1 Å². The van der Waals surface area contributed by atoms with Crippen LogP contribution in [0.4, 0.5) is 0 Å². The fourth-order valence-electron chi connectivity index (χ4n) is 3.85. The third-order valence-corrected chi connectivity index (χ3v) is 5.22. The molecule has 1 aromatic rings. The number of benzene rings is 1. The normalized spacial score (nSPS) is 29.8. The summed E-state index contributed by atoms with van der Waals surface area (Å²) in [6, 6.07) is 8.38. The molecule has 1 aliphatic heterocycles. The van der Waals surface area contributed by atoms with Gasteiger partial charge in [-0.15, -0.1) is 0 Å². The predicted octanol–water partition coefficient (Wildman–Crippen LogP) is 3.66. The van der Waals surface area contributed by atoms with Crippen LogP contribution in [0.5, 0.6) is 0 Å². The number of carbonyl (C=O) groups excluding carboxylic acids is 1. The minimum absolute atomic E-state index is 0.0527. The maximum Gasteiger partial charge on any atom is 0.157 e. The summed E-state index contributed by atoms with van der Waals surface area (Å²) in [5.74, 6) is 1.57. The van der Waals surface area contributed by atoms with Gasteiger partial charge < -0.3 is 5.32 Å². The summed E-state index contributed by atoms with van der Waals surface area (Å²) in [5, 5.41) is 3.45. The van der Waals surface area contributed by atoms with Gasteiger partial charge in [0.1, 0.15) is 0 Å². The molecule has 1 fully saturated rings. The molecule has 1 aliphatic carbocycles. The van der Waals surface area contributed by atoms with Gasteiger partial charge in [-0.25, -0.2) is 0 Å². The van der Waals surface area contributed by atoms with Crippen molar-refractivity contribution in [3.8, 4) is 0 Å². The van der Waals surface area contributed by atoms with Crippen molar-refractivity contribution in [3.05, 3.63) is 35.4 Å². The first-order valence-electron chi connectivity index (χ1n) is 8.14. The number of carbonyl (C=O) groups is 1. The van der Waals surface area contributed by atoms with Crippen molar-refractivity contribution in [3.63, 3.8) is 0 Å². The van der Waals surface area contributed by atoms with Crippen molar-refractivity contribution in [1.82, 2.24) is 5.32 Å². The highest BCUT2D eigenvalue weighted by Crippen LogP contribution is 2.35. The number of fused-ring (bicyclic) bond motifs is 1. The van der Waals surface area contributed by atoms with Crippen LogP contribution in [-0.2, 0) is 11.2 Å². The minimum atomic E-state index is -0.0527. The lowest BCUT2D eigenvalue weighted by Gasteiger charge is -2.32. The van der Waals surface area contributed by atoms with Crippen LogP contribution in [0.15, 0.2) is 24.3 Å². The highest BCUT2D eigenvalue weighted by atomic mass is 16.1. The number of ketones is 1. The van der Waals surface area contributed by atoms with Crippen molar-refractivity contribution in [2.45, 2.75) is 51.5 Å². The fraction of sp³-hybridized carbons (Fsp3) is 0.611. The lowest BCUT2D eigenvalue weighted by Crippen LogP contribution is -2.39. The predicted molar refractivity (Wildman–Crippen MR) is 81.6 cm³/mol. The van der Waals surface area contributed by atoms with Crippen LogP contribution >= 0.6 is 0 Å². The van der Waals surface area contributed by atoms with Crippen molar-refractivity contribution >= 4 is 5.78 Å². The van der Waals surface area contributed by atoms with Gasteiger partial charge in [0.25, 0.3) is 0 Å². The Morgan fingerprint density at radius 2 is 1.95 bits per heavy atom. The largest absolute Gasteiger partial charge is 0.303 e. The second-order valence-corrected chi connectivity index (χ2v) is 6.36. The zero-order valence-electron chi connectivity index (χ0n) is 12.4. The molecule has 1 atom stereocenters. The van der Waals surface area contributed by atoms with Gasteiger partial charge >= 0.3 is 0 Å². The van der Waals surface area contributed by atoms with Gasteiger partial charge in [0.05, 0.1) is 6.04 Å². The van der Waals surface area contributed by atoms with E-state index in [2.05, 4.69) is 36.5 Å². The van der Waals surface area contributed by atoms with Crippen LogP contribution < -0.4 is 5.32 Å². The van der Waals surface area contributed by atoms with E-state index in [4.69, 9.17) is 0 Å². The van der Waals surface area contributed by atoms with Crippen LogP contribution in [0.25, 0.3) is 0 Å². The molecule has 2 aliphatic rings. The molecule has 108 valence electrons. The molecule has 0 bridgehead atoms. The molecule has 1 heterocycles. The van der Waals surface area contributed by atoms with Crippen LogP contribution in [0.3, 0.4) is 0 Å². The summed E-state index contributed by atoms with van der Waals surface area (Å²) in [4.78, 5) is 12.8. The minimum Gasteiger partial charge on any atom is -0.303 e. The van der Waals surface area contributed by atoms with Gasteiger partial charge in [0.2, 0.25) is 0 Å². The smallest absolute Gasteiger partial charge is 0.157 e. The van der Waals surface area contributed by atoms with Crippen molar-refractivity contribution in [2.75, 3.05) is 6.54 Å². The molecule has 1 unspecified atom stereocenters. The molecule has 3 rings (SSSR count). The van der Waals surface area contributed by atoms with Crippen molar-refractivity contribution in [1.29, 1.82) is 0 Å². The molecule has 0 amide bonds. The van der Waals surface area contributed by atoms with Crippen LogP contribution in [0.2, 0.25) is 0 Å². The molecular weight excluding hydrogens is 246 g/mol. The Morgan fingerprint density at radius 3 is 2.70 bits per heavy atom. The fourth-order valence-corrected chi connectivity index (χ4v) is 3.85. The monoisotopic (exact) mass is 271 g/mol. The number of hydrogen-bond donors (Lipinski definition) is 1. The molecule has 2 nitrogen and oxygen atoms in total. The second kappa shape index (κ2) is 6.09. The molecule has 1 N–H and O–H groups in total. The van der Waals surface area contributed by atoms with Crippen molar-refractivity contribution < 1.29 is 4.79 Å². The van der Waals surface area contributed by atoms with E-state index in [1.165, 1.54) is 30.4 Å². The number of Topliss-reactive ketones (excluding diaryl/α,β-unsaturated/α-hetero) is 1. The van der Waals surface area contributed by atoms with Gasteiger partial charge in [-0.3, -0.25) is 4.79 Å². The van der Waals surface area contributed by atoms with E-state index in [9.17, 15) is 4.79 Å².